The van der Waals surface area contributed by atoms with E-state index in [1.807, 2.05) is 0 Å². The van der Waals surface area contributed by atoms with Gasteiger partial charge in [0.15, 0.2) is 5.69 Å². The lowest BCUT2D eigenvalue weighted by Gasteiger charge is -2.06. The molecule has 0 aliphatic heterocycles. The number of halogens is 1. The highest BCUT2D eigenvalue weighted by atomic mass is 79.9. The molecule has 1 heterocycles. The maximum Gasteiger partial charge on any atom is 0.296 e. The fourth-order valence-electron chi connectivity index (χ4n) is 1.72. The van der Waals surface area contributed by atoms with E-state index in [-0.39, 0.29) is 12.3 Å². The summed E-state index contributed by atoms with van der Waals surface area (Å²) in [4.78, 5) is 10.7. The Bertz CT molecular complexity index is 626. The Morgan fingerprint density at radius 3 is 2.89 bits per heavy atom. The van der Waals surface area contributed by atoms with Crippen molar-refractivity contribution in [1.82, 2.24) is 15.0 Å². The number of nitro benzene ring substituents is 1. The van der Waals surface area contributed by atoms with Crippen LogP contribution in [0.5, 0.6) is 0 Å². The van der Waals surface area contributed by atoms with E-state index in [1.54, 1.807) is 19.2 Å². The van der Waals surface area contributed by atoms with Crippen molar-refractivity contribution < 1.29 is 10.0 Å². The summed E-state index contributed by atoms with van der Waals surface area (Å²) < 4.78 is 1.91. The highest BCUT2D eigenvalue weighted by Gasteiger charge is 2.20. The first-order valence-corrected chi connectivity index (χ1v) is 6.29. The van der Waals surface area contributed by atoms with Crippen LogP contribution in [0.2, 0.25) is 0 Å². The molecule has 0 unspecified atom stereocenters. The molecule has 19 heavy (non-hydrogen) atoms. The monoisotopic (exact) mass is 326 g/mol. The van der Waals surface area contributed by atoms with Crippen LogP contribution in [-0.4, -0.2) is 31.6 Å². The van der Waals surface area contributed by atoms with Crippen molar-refractivity contribution in [2.24, 2.45) is 0 Å². The Labute approximate surface area is 117 Å². The first-order valence-electron chi connectivity index (χ1n) is 5.50. The zero-order chi connectivity index (χ0) is 14.0. The zero-order valence-corrected chi connectivity index (χ0v) is 11.7. The van der Waals surface area contributed by atoms with Crippen LogP contribution in [-0.2, 0) is 6.42 Å². The van der Waals surface area contributed by atoms with Gasteiger partial charge in [-0.2, -0.15) is 0 Å². The summed E-state index contributed by atoms with van der Waals surface area (Å²) in [6, 6.07) is 3.25. The first kappa shape index (κ1) is 13.6. The number of nitro groups is 1. The van der Waals surface area contributed by atoms with Gasteiger partial charge in [0.05, 0.1) is 21.3 Å². The minimum absolute atomic E-state index is 0.0458. The summed E-state index contributed by atoms with van der Waals surface area (Å²) in [5, 5.41) is 27.7. The predicted molar refractivity (Wildman–Crippen MR) is 71.2 cm³/mol. The molecule has 2 aromatic rings. The third-order valence-corrected chi connectivity index (χ3v) is 3.13. The Hall–Kier alpha value is -1.80. The molecule has 7 nitrogen and oxygen atoms in total. The van der Waals surface area contributed by atoms with Crippen LogP contribution in [0.25, 0.3) is 5.69 Å². The first-order chi connectivity index (χ1) is 9.02. The number of aryl methyl sites for hydroxylation is 1. The zero-order valence-electron chi connectivity index (χ0n) is 10.1. The highest BCUT2D eigenvalue weighted by Crippen LogP contribution is 2.31. The molecule has 0 spiro atoms. The molecule has 0 atom stereocenters. The average molecular weight is 327 g/mol. The summed E-state index contributed by atoms with van der Waals surface area (Å²) in [6.07, 6.45) is 1.93. The van der Waals surface area contributed by atoms with Crippen molar-refractivity contribution in [1.29, 1.82) is 0 Å². The number of hydrogen-bond acceptors (Lipinski definition) is 5. The summed E-state index contributed by atoms with van der Waals surface area (Å²) in [5.41, 5.74) is 1.63. The number of rotatable bonds is 4. The Balaban J connectivity index is 2.56. The topological polar surface area (TPSA) is 94.1 Å². The van der Waals surface area contributed by atoms with Gasteiger partial charge in [-0.05, 0) is 34.5 Å². The highest BCUT2D eigenvalue weighted by molar-refractivity contribution is 9.10. The van der Waals surface area contributed by atoms with Crippen molar-refractivity contribution >= 4 is 21.6 Å². The molecule has 0 fully saturated rings. The average Bonchev–Trinajstić information content (AvgIpc) is 2.76. The Morgan fingerprint density at radius 2 is 2.26 bits per heavy atom. The summed E-state index contributed by atoms with van der Waals surface area (Å²) in [7, 11) is 0. The fraction of sp³-hybridized carbons (Fsp3) is 0.273. The van der Waals surface area contributed by atoms with Crippen molar-refractivity contribution in [3.05, 3.63) is 44.2 Å². The van der Waals surface area contributed by atoms with Crippen LogP contribution in [0.15, 0.2) is 22.8 Å². The minimum Gasteiger partial charge on any atom is -0.396 e. The van der Waals surface area contributed by atoms with E-state index in [0.717, 1.165) is 5.56 Å². The van der Waals surface area contributed by atoms with Crippen molar-refractivity contribution in [2.75, 3.05) is 6.61 Å². The third-order valence-electron chi connectivity index (χ3n) is 2.52. The van der Waals surface area contributed by atoms with Crippen LogP contribution in [0, 0.1) is 17.0 Å². The number of aliphatic hydroxyl groups excluding tert-OH is 1. The molecular formula is C11H11BrN4O3. The van der Waals surface area contributed by atoms with E-state index in [0.29, 0.717) is 22.3 Å². The van der Waals surface area contributed by atoms with E-state index in [4.69, 9.17) is 5.11 Å². The lowest BCUT2D eigenvalue weighted by Crippen LogP contribution is -2.02. The summed E-state index contributed by atoms with van der Waals surface area (Å²) in [6.45, 7) is 1.73. The summed E-state index contributed by atoms with van der Waals surface area (Å²) in [5.74, 6) is 0. The van der Waals surface area contributed by atoms with Gasteiger partial charge in [0.2, 0.25) is 0 Å². The van der Waals surface area contributed by atoms with Gasteiger partial charge in [0, 0.05) is 19.1 Å². The molecule has 100 valence electrons. The van der Waals surface area contributed by atoms with Gasteiger partial charge in [-0.3, -0.25) is 10.1 Å². The van der Waals surface area contributed by atoms with Crippen molar-refractivity contribution in [2.45, 2.75) is 13.3 Å². The second kappa shape index (κ2) is 5.45. The van der Waals surface area contributed by atoms with Crippen LogP contribution >= 0.6 is 15.9 Å². The minimum atomic E-state index is -0.458. The SMILES string of the molecule is Cc1cc(Br)c(-n2cc(CCO)nn2)c([N+](=O)[O-])c1. The smallest absolute Gasteiger partial charge is 0.296 e. The van der Waals surface area contributed by atoms with Gasteiger partial charge in [0.1, 0.15) is 0 Å². The van der Waals surface area contributed by atoms with Crippen LogP contribution < -0.4 is 0 Å². The van der Waals surface area contributed by atoms with Gasteiger partial charge in [0.25, 0.3) is 5.69 Å². The number of nitrogens with zero attached hydrogens (tertiary/aromatic N) is 4. The molecule has 2 rings (SSSR count). The van der Waals surface area contributed by atoms with Gasteiger partial charge in [-0.15, -0.1) is 5.10 Å². The van der Waals surface area contributed by atoms with Gasteiger partial charge in [-0.25, -0.2) is 4.68 Å². The number of aromatic nitrogens is 3. The summed E-state index contributed by atoms with van der Waals surface area (Å²) >= 11 is 3.31. The van der Waals surface area contributed by atoms with Crippen LogP contribution in [0.1, 0.15) is 11.3 Å². The molecule has 0 saturated carbocycles. The quantitative estimate of drug-likeness (QED) is 0.682. The standard InChI is InChI=1S/C11H11BrN4O3/c1-7-4-9(12)11(10(5-7)16(18)19)15-6-8(2-3-17)13-14-15/h4-6,17H,2-3H2,1H3. The van der Waals surface area contributed by atoms with E-state index in [1.165, 1.54) is 10.7 Å². The van der Waals surface area contributed by atoms with E-state index in [2.05, 4.69) is 26.2 Å². The molecule has 1 N–H and O–H groups in total. The van der Waals surface area contributed by atoms with E-state index < -0.39 is 4.92 Å². The second-order valence-electron chi connectivity index (χ2n) is 4.00. The van der Waals surface area contributed by atoms with Crippen molar-refractivity contribution in [3.8, 4) is 5.69 Å². The molecule has 1 aromatic heterocycles. The molecule has 0 amide bonds. The molecule has 0 aliphatic rings. The lowest BCUT2D eigenvalue weighted by molar-refractivity contribution is -0.384. The molecule has 0 bridgehead atoms. The van der Waals surface area contributed by atoms with E-state index >= 15 is 0 Å². The molecule has 0 radical (unpaired) electrons. The largest absolute Gasteiger partial charge is 0.396 e. The molecule has 0 saturated heterocycles. The fourth-order valence-corrected chi connectivity index (χ4v) is 2.46. The number of benzene rings is 1. The molecule has 0 aliphatic carbocycles. The molecular weight excluding hydrogens is 316 g/mol. The van der Waals surface area contributed by atoms with Gasteiger partial charge >= 0.3 is 0 Å². The second-order valence-corrected chi connectivity index (χ2v) is 4.85. The maximum atomic E-state index is 11.1. The molecule has 1 aromatic carbocycles. The number of aliphatic hydroxyl groups is 1. The maximum absolute atomic E-state index is 11.1. The normalized spacial score (nSPS) is 10.7. The Kier molecular flexibility index (Phi) is 3.91. The molecule has 8 heteroatoms. The van der Waals surface area contributed by atoms with Crippen LogP contribution in [0.4, 0.5) is 5.69 Å². The Morgan fingerprint density at radius 1 is 1.53 bits per heavy atom. The lowest BCUT2D eigenvalue weighted by atomic mass is 10.2. The van der Waals surface area contributed by atoms with Gasteiger partial charge in [-0.1, -0.05) is 5.21 Å². The number of hydrogen-bond donors (Lipinski definition) is 1. The third kappa shape index (κ3) is 2.79. The van der Waals surface area contributed by atoms with E-state index in [9.17, 15) is 10.1 Å². The van der Waals surface area contributed by atoms with Gasteiger partial charge < -0.3 is 5.11 Å². The van der Waals surface area contributed by atoms with Crippen molar-refractivity contribution in [3.63, 3.8) is 0 Å². The van der Waals surface area contributed by atoms with Crippen LogP contribution in [0.3, 0.4) is 0 Å². The predicted octanol–water partition coefficient (Wildman–Crippen LogP) is 1.78.